The lowest BCUT2D eigenvalue weighted by molar-refractivity contribution is -0.0520. The smallest absolute Gasteiger partial charge is 0.240 e. The number of aliphatic hydroxyl groups is 2. The molecular formula is C11H11Br2N7O3. The van der Waals surface area contributed by atoms with Gasteiger partial charge in [0.1, 0.15) is 24.0 Å². The third-order valence-corrected chi connectivity index (χ3v) is 5.68. The van der Waals surface area contributed by atoms with Crippen LogP contribution in [0, 0.1) is 11.3 Å². The van der Waals surface area contributed by atoms with Gasteiger partial charge in [-0.05, 0) is 0 Å². The molecule has 2 aromatic heterocycles. The summed E-state index contributed by atoms with van der Waals surface area (Å²) in [4.78, 5) is 7.88. The highest BCUT2D eigenvalue weighted by Crippen LogP contribution is 2.55. The first-order valence-electron chi connectivity index (χ1n) is 6.31. The average Bonchev–Trinajstić information content (AvgIpc) is 2.99. The minimum atomic E-state index is -1.76. The molecule has 1 saturated heterocycles. The predicted molar refractivity (Wildman–Crippen MR) is 85.4 cm³/mol. The van der Waals surface area contributed by atoms with Crippen molar-refractivity contribution in [3.05, 3.63) is 11.9 Å². The number of nitriles is 1. The van der Waals surface area contributed by atoms with Gasteiger partial charge in [0.05, 0.1) is 12.8 Å². The standard InChI is InChI=1S/C11H11Br2N7O3/c12-11(13)6(22)4(2-21)23-10(11,3-14)5-1-17-8-7(15)18-9(16)19-20(5)8/h1,4,6,21-22H,2H2,(H4,15,16,18,19)/t4-,6?,10+/m1/s1. The van der Waals surface area contributed by atoms with E-state index < -0.39 is 27.6 Å². The Morgan fingerprint density at radius 3 is 2.74 bits per heavy atom. The zero-order valence-electron chi connectivity index (χ0n) is 11.4. The van der Waals surface area contributed by atoms with E-state index in [2.05, 4.69) is 46.9 Å². The van der Waals surface area contributed by atoms with Gasteiger partial charge in [-0.3, -0.25) is 0 Å². The van der Waals surface area contributed by atoms with Gasteiger partial charge < -0.3 is 26.4 Å². The van der Waals surface area contributed by atoms with E-state index in [1.54, 1.807) is 0 Å². The average molecular weight is 449 g/mol. The molecule has 0 aromatic carbocycles. The van der Waals surface area contributed by atoms with Crippen LogP contribution >= 0.6 is 31.9 Å². The summed E-state index contributed by atoms with van der Waals surface area (Å²) in [7, 11) is 0. The van der Waals surface area contributed by atoms with E-state index in [0.717, 1.165) is 0 Å². The molecule has 10 nitrogen and oxygen atoms in total. The molecule has 1 unspecified atom stereocenters. The number of rotatable bonds is 2. The lowest BCUT2D eigenvalue weighted by Crippen LogP contribution is -2.45. The molecule has 3 atom stereocenters. The van der Waals surface area contributed by atoms with Crippen LogP contribution in [0.2, 0.25) is 0 Å². The number of alkyl halides is 2. The number of nitrogen functional groups attached to an aromatic ring is 2. The van der Waals surface area contributed by atoms with Crippen molar-refractivity contribution < 1.29 is 14.9 Å². The third kappa shape index (κ3) is 2.05. The number of anilines is 2. The number of hydrogen-bond donors (Lipinski definition) is 4. The highest BCUT2D eigenvalue weighted by Gasteiger charge is 2.66. The van der Waals surface area contributed by atoms with Crippen LogP contribution < -0.4 is 11.5 Å². The highest BCUT2D eigenvalue weighted by atomic mass is 79.9. The molecule has 0 bridgehead atoms. The van der Waals surface area contributed by atoms with Gasteiger partial charge in [0.2, 0.25) is 11.5 Å². The second-order valence-electron chi connectivity index (χ2n) is 4.93. The zero-order chi connectivity index (χ0) is 17.0. The maximum absolute atomic E-state index is 10.3. The summed E-state index contributed by atoms with van der Waals surface area (Å²) in [6.45, 7) is -0.487. The Labute approximate surface area is 146 Å². The van der Waals surface area contributed by atoms with Gasteiger partial charge in [0, 0.05) is 0 Å². The van der Waals surface area contributed by atoms with E-state index in [1.165, 1.54) is 10.7 Å². The number of aromatic nitrogens is 4. The minimum absolute atomic E-state index is 0.0313. The van der Waals surface area contributed by atoms with Crippen LogP contribution in [0.4, 0.5) is 11.8 Å². The maximum atomic E-state index is 10.3. The van der Waals surface area contributed by atoms with Crippen LogP contribution in [0.3, 0.4) is 0 Å². The van der Waals surface area contributed by atoms with E-state index in [4.69, 9.17) is 16.2 Å². The Bertz CT molecular complexity index is 820. The molecule has 12 heteroatoms. The molecule has 23 heavy (non-hydrogen) atoms. The Kier molecular flexibility index (Phi) is 3.73. The number of nitrogens with two attached hydrogens (primary N) is 2. The van der Waals surface area contributed by atoms with Gasteiger partial charge >= 0.3 is 0 Å². The van der Waals surface area contributed by atoms with Crippen LogP contribution in [0.5, 0.6) is 0 Å². The Morgan fingerprint density at radius 1 is 1.48 bits per heavy atom. The molecule has 1 aliphatic heterocycles. The summed E-state index contributed by atoms with van der Waals surface area (Å²) in [6.07, 6.45) is -0.906. The van der Waals surface area contributed by atoms with Crippen molar-refractivity contribution in [3.8, 4) is 6.07 Å². The summed E-state index contributed by atoms with van der Waals surface area (Å²) in [6, 6.07) is 2.01. The fourth-order valence-electron chi connectivity index (χ4n) is 2.50. The number of aliphatic hydroxyl groups excluding tert-OH is 2. The van der Waals surface area contributed by atoms with Gasteiger partial charge in [-0.15, -0.1) is 5.10 Å². The molecule has 0 radical (unpaired) electrons. The number of ether oxygens (including phenoxy) is 1. The van der Waals surface area contributed by atoms with E-state index in [9.17, 15) is 15.5 Å². The molecule has 3 heterocycles. The molecular weight excluding hydrogens is 438 g/mol. The molecule has 6 N–H and O–H groups in total. The monoisotopic (exact) mass is 447 g/mol. The Balaban J connectivity index is 2.29. The van der Waals surface area contributed by atoms with Gasteiger partial charge in [-0.25, -0.2) is 9.50 Å². The molecule has 0 amide bonds. The summed E-state index contributed by atoms with van der Waals surface area (Å²) in [5, 5.41) is 33.5. The van der Waals surface area contributed by atoms with Crippen LogP contribution in [0.15, 0.2) is 6.20 Å². The van der Waals surface area contributed by atoms with Gasteiger partial charge in [0.15, 0.2) is 14.7 Å². The molecule has 3 rings (SSSR count). The van der Waals surface area contributed by atoms with E-state index in [-0.39, 0.29) is 23.1 Å². The van der Waals surface area contributed by atoms with Crippen LogP contribution in [-0.2, 0) is 10.3 Å². The van der Waals surface area contributed by atoms with Crippen molar-refractivity contribution in [3.63, 3.8) is 0 Å². The van der Waals surface area contributed by atoms with E-state index >= 15 is 0 Å². The Morgan fingerprint density at radius 2 is 2.17 bits per heavy atom. The van der Waals surface area contributed by atoms with Gasteiger partial charge in [-0.1, -0.05) is 31.9 Å². The third-order valence-electron chi connectivity index (χ3n) is 3.62. The SMILES string of the molecule is N#C[C@@]1(c2cnc3c(N)nc(N)nn23)O[C@H](CO)C(O)C1(Br)Br. The lowest BCUT2D eigenvalue weighted by atomic mass is 9.96. The van der Waals surface area contributed by atoms with Crippen LogP contribution in [-0.4, -0.2) is 51.8 Å². The van der Waals surface area contributed by atoms with Crippen molar-refractivity contribution in [2.45, 2.75) is 21.0 Å². The van der Waals surface area contributed by atoms with E-state index in [0.29, 0.717) is 0 Å². The summed E-state index contributed by atoms with van der Waals surface area (Å²) < 4.78 is 5.46. The first kappa shape index (κ1) is 16.3. The second kappa shape index (κ2) is 5.25. The topological polar surface area (TPSA) is 169 Å². The molecule has 1 fully saturated rings. The maximum Gasteiger partial charge on any atom is 0.240 e. The zero-order valence-corrected chi connectivity index (χ0v) is 14.6. The van der Waals surface area contributed by atoms with Crippen molar-refractivity contribution >= 4 is 49.3 Å². The second-order valence-corrected chi connectivity index (χ2v) is 8.50. The fraction of sp³-hybridized carbons (Fsp3) is 0.455. The quantitative estimate of drug-likeness (QED) is 0.431. The largest absolute Gasteiger partial charge is 0.394 e. The number of hydrogen-bond acceptors (Lipinski definition) is 9. The first-order valence-corrected chi connectivity index (χ1v) is 7.90. The van der Waals surface area contributed by atoms with Crippen molar-refractivity contribution in [1.82, 2.24) is 19.6 Å². The molecule has 122 valence electrons. The van der Waals surface area contributed by atoms with Crippen molar-refractivity contribution in [2.75, 3.05) is 18.1 Å². The number of nitrogens with zero attached hydrogens (tertiary/aromatic N) is 5. The normalized spacial score (nSPS) is 29.7. The van der Waals surface area contributed by atoms with Crippen LogP contribution in [0.25, 0.3) is 5.65 Å². The summed E-state index contributed by atoms with van der Waals surface area (Å²) in [5.74, 6) is -0.0850. The van der Waals surface area contributed by atoms with Crippen molar-refractivity contribution in [2.24, 2.45) is 0 Å². The number of fused-ring (bicyclic) bond motifs is 1. The van der Waals surface area contributed by atoms with Gasteiger partial charge in [0.25, 0.3) is 0 Å². The Hall–Kier alpha value is -1.52. The van der Waals surface area contributed by atoms with Crippen LogP contribution in [0.1, 0.15) is 5.69 Å². The first-order chi connectivity index (χ1) is 10.8. The number of imidazole rings is 1. The molecule has 2 aromatic rings. The predicted octanol–water partition coefficient (Wildman–Crippen LogP) is -0.754. The van der Waals surface area contributed by atoms with Gasteiger partial charge in [-0.2, -0.15) is 10.2 Å². The van der Waals surface area contributed by atoms with Crippen molar-refractivity contribution in [1.29, 1.82) is 5.26 Å². The summed E-state index contributed by atoms with van der Waals surface area (Å²) in [5.41, 5.74) is 9.94. The fourth-order valence-corrected chi connectivity index (χ4v) is 3.86. The van der Waals surface area contributed by atoms with E-state index in [1.807, 2.05) is 6.07 Å². The number of halogens is 2. The molecule has 0 aliphatic carbocycles. The lowest BCUT2D eigenvalue weighted by Gasteiger charge is -2.30. The minimum Gasteiger partial charge on any atom is -0.394 e. The molecule has 1 aliphatic rings. The molecule has 0 saturated carbocycles. The summed E-state index contributed by atoms with van der Waals surface area (Å²) >= 11 is 6.56. The molecule has 0 spiro atoms. The highest BCUT2D eigenvalue weighted by molar-refractivity contribution is 9.25.